The van der Waals surface area contributed by atoms with Crippen LogP contribution in [0.1, 0.15) is 49.7 Å². The first-order chi connectivity index (χ1) is 9.63. The highest BCUT2D eigenvalue weighted by molar-refractivity contribution is 7.98. The lowest BCUT2D eigenvalue weighted by atomic mass is 9.70. The van der Waals surface area contributed by atoms with Crippen LogP contribution in [-0.4, -0.2) is 45.3 Å². The predicted molar refractivity (Wildman–Crippen MR) is 84.0 cm³/mol. The van der Waals surface area contributed by atoms with Crippen molar-refractivity contribution < 1.29 is 0 Å². The van der Waals surface area contributed by atoms with Crippen molar-refractivity contribution in [2.45, 2.75) is 44.6 Å². The highest BCUT2D eigenvalue weighted by Crippen LogP contribution is 2.43. The average Bonchev–Trinajstić information content (AvgIpc) is 3.14. The van der Waals surface area contributed by atoms with Crippen molar-refractivity contribution in [3.8, 4) is 0 Å². The molecule has 0 saturated heterocycles. The second-order valence-corrected chi connectivity index (χ2v) is 7.63. The summed E-state index contributed by atoms with van der Waals surface area (Å²) in [5, 5.41) is 8.78. The van der Waals surface area contributed by atoms with Gasteiger partial charge in [0.1, 0.15) is 11.6 Å². The monoisotopic (exact) mass is 294 g/mol. The van der Waals surface area contributed by atoms with Gasteiger partial charge in [-0.05, 0) is 50.2 Å². The van der Waals surface area contributed by atoms with Gasteiger partial charge in [-0.3, -0.25) is 4.90 Å². The van der Waals surface area contributed by atoms with E-state index in [1.807, 2.05) is 11.8 Å². The zero-order valence-electron chi connectivity index (χ0n) is 12.9. The van der Waals surface area contributed by atoms with Gasteiger partial charge in [0.2, 0.25) is 0 Å². The van der Waals surface area contributed by atoms with Crippen LogP contribution in [0.2, 0.25) is 0 Å². The van der Waals surface area contributed by atoms with Crippen molar-refractivity contribution in [1.82, 2.24) is 19.7 Å². The maximum atomic E-state index is 4.40. The fourth-order valence-electron chi connectivity index (χ4n) is 3.41. The van der Waals surface area contributed by atoms with Crippen molar-refractivity contribution in [2.75, 3.05) is 25.6 Å². The van der Waals surface area contributed by atoms with Crippen LogP contribution < -0.4 is 0 Å². The molecule has 0 spiro atoms. The molecule has 0 atom stereocenters. The molecule has 20 heavy (non-hydrogen) atoms. The maximum absolute atomic E-state index is 4.40. The van der Waals surface area contributed by atoms with Crippen LogP contribution in [0.5, 0.6) is 0 Å². The van der Waals surface area contributed by atoms with E-state index in [0.717, 1.165) is 12.4 Å². The molecule has 0 unspecified atom stereocenters. The summed E-state index contributed by atoms with van der Waals surface area (Å²) in [5.74, 6) is 4.29. The van der Waals surface area contributed by atoms with E-state index in [4.69, 9.17) is 0 Å². The van der Waals surface area contributed by atoms with E-state index in [-0.39, 0.29) is 0 Å². The third-order valence-electron chi connectivity index (χ3n) is 4.82. The van der Waals surface area contributed by atoms with E-state index < -0.39 is 0 Å². The summed E-state index contributed by atoms with van der Waals surface area (Å²) in [4.78, 5) is 2.44. The van der Waals surface area contributed by atoms with Crippen LogP contribution in [-0.2, 0) is 13.6 Å². The molecular formula is C15H26N4S. The Bertz CT molecular complexity index is 462. The quantitative estimate of drug-likeness (QED) is 0.774. The third kappa shape index (κ3) is 2.89. The molecule has 0 N–H and O–H groups in total. The lowest BCUT2D eigenvalue weighted by Crippen LogP contribution is -2.42. The second kappa shape index (κ2) is 5.68. The first-order valence-corrected chi connectivity index (χ1v) is 9.09. The van der Waals surface area contributed by atoms with Crippen molar-refractivity contribution in [1.29, 1.82) is 0 Å². The Labute approximate surface area is 126 Å². The third-order valence-corrected chi connectivity index (χ3v) is 5.72. The molecule has 1 aromatic heterocycles. The smallest absolute Gasteiger partial charge is 0.146 e. The second-order valence-electron chi connectivity index (χ2n) is 6.77. The Kier molecular flexibility index (Phi) is 4.09. The molecule has 1 aromatic rings. The fourth-order valence-corrected chi connectivity index (χ4v) is 4.40. The number of hydrogen-bond acceptors (Lipinski definition) is 4. The molecule has 5 heteroatoms. The highest BCUT2D eigenvalue weighted by atomic mass is 32.2. The Hall–Kier alpha value is -0.550. The molecule has 0 amide bonds. The molecule has 4 nitrogen and oxygen atoms in total. The maximum Gasteiger partial charge on any atom is 0.146 e. The average molecular weight is 294 g/mol. The SMILES string of the molecule is CSCC1(CN(C)Cc2nnc(C3CC3)n2C)CCC1. The van der Waals surface area contributed by atoms with Gasteiger partial charge in [-0.25, -0.2) is 0 Å². The molecule has 2 saturated carbocycles. The summed E-state index contributed by atoms with van der Waals surface area (Å²) >= 11 is 1.99. The van der Waals surface area contributed by atoms with Crippen LogP contribution in [0, 0.1) is 5.41 Å². The number of nitrogens with zero attached hydrogens (tertiary/aromatic N) is 4. The Balaban J connectivity index is 1.59. The zero-order valence-corrected chi connectivity index (χ0v) is 13.7. The van der Waals surface area contributed by atoms with Crippen LogP contribution in [0.3, 0.4) is 0 Å². The standard InChI is InChI=1S/C15H26N4S/c1-18(10-15(11-20-3)7-4-8-15)9-13-16-17-14(19(13)2)12-5-6-12/h12H,4-11H2,1-3H3. The van der Waals surface area contributed by atoms with Gasteiger partial charge < -0.3 is 4.57 Å². The number of thioether (sulfide) groups is 1. The van der Waals surface area contributed by atoms with Crippen molar-refractivity contribution in [3.05, 3.63) is 11.6 Å². The van der Waals surface area contributed by atoms with E-state index >= 15 is 0 Å². The van der Waals surface area contributed by atoms with Crippen LogP contribution in [0.25, 0.3) is 0 Å². The Morgan fingerprint density at radius 1 is 1.35 bits per heavy atom. The van der Waals surface area contributed by atoms with E-state index in [1.54, 1.807) is 0 Å². The summed E-state index contributed by atoms with van der Waals surface area (Å²) in [7, 11) is 4.35. The molecule has 2 aliphatic rings. The van der Waals surface area contributed by atoms with Gasteiger partial charge in [0.25, 0.3) is 0 Å². The summed E-state index contributed by atoms with van der Waals surface area (Å²) in [6, 6.07) is 0. The molecule has 0 bridgehead atoms. The van der Waals surface area contributed by atoms with Gasteiger partial charge in [-0.15, -0.1) is 10.2 Å². The fraction of sp³-hybridized carbons (Fsp3) is 0.867. The molecule has 0 radical (unpaired) electrons. The lowest BCUT2D eigenvalue weighted by molar-refractivity contribution is 0.0993. The number of rotatable bonds is 7. The summed E-state index contributed by atoms with van der Waals surface area (Å²) in [6.45, 7) is 2.12. The molecule has 2 aliphatic carbocycles. The number of aromatic nitrogens is 3. The molecule has 3 rings (SSSR count). The molecule has 0 aromatic carbocycles. The van der Waals surface area contributed by atoms with E-state index in [9.17, 15) is 0 Å². The minimum Gasteiger partial charge on any atom is -0.317 e. The first kappa shape index (κ1) is 14.4. The topological polar surface area (TPSA) is 34.0 Å². The van der Waals surface area contributed by atoms with E-state index in [1.165, 1.54) is 50.2 Å². The molecule has 1 heterocycles. The van der Waals surface area contributed by atoms with Gasteiger partial charge in [0.05, 0.1) is 6.54 Å². The lowest BCUT2D eigenvalue weighted by Gasteiger charge is -2.44. The molecule has 0 aliphatic heterocycles. The summed E-state index contributed by atoms with van der Waals surface area (Å²) in [6.07, 6.45) is 9.00. The van der Waals surface area contributed by atoms with Gasteiger partial charge in [-0.1, -0.05) is 6.42 Å². The zero-order chi connectivity index (χ0) is 14.2. The number of hydrogen-bond donors (Lipinski definition) is 0. The summed E-state index contributed by atoms with van der Waals surface area (Å²) in [5.41, 5.74) is 0.562. The van der Waals surface area contributed by atoms with Crippen LogP contribution in [0.4, 0.5) is 0 Å². The van der Waals surface area contributed by atoms with Crippen LogP contribution in [0.15, 0.2) is 0 Å². The van der Waals surface area contributed by atoms with E-state index in [0.29, 0.717) is 11.3 Å². The molecule has 112 valence electrons. The van der Waals surface area contributed by atoms with Crippen molar-refractivity contribution >= 4 is 11.8 Å². The Morgan fingerprint density at radius 3 is 2.65 bits per heavy atom. The van der Waals surface area contributed by atoms with Crippen molar-refractivity contribution in [3.63, 3.8) is 0 Å². The van der Waals surface area contributed by atoms with Gasteiger partial charge in [0.15, 0.2) is 0 Å². The first-order valence-electron chi connectivity index (χ1n) is 7.69. The van der Waals surface area contributed by atoms with E-state index in [2.05, 4.69) is 40.0 Å². The normalized spacial score (nSPS) is 21.2. The minimum atomic E-state index is 0.562. The van der Waals surface area contributed by atoms with Gasteiger partial charge >= 0.3 is 0 Å². The predicted octanol–water partition coefficient (Wildman–Crippen LogP) is 2.66. The van der Waals surface area contributed by atoms with Crippen LogP contribution >= 0.6 is 11.8 Å². The summed E-state index contributed by atoms with van der Waals surface area (Å²) < 4.78 is 2.22. The molecular weight excluding hydrogens is 268 g/mol. The van der Waals surface area contributed by atoms with Crippen molar-refractivity contribution in [2.24, 2.45) is 12.5 Å². The molecule has 2 fully saturated rings. The largest absolute Gasteiger partial charge is 0.317 e. The Morgan fingerprint density at radius 2 is 2.10 bits per heavy atom. The highest BCUT2D eigenvalue weighted by Gasteiger charge is 2.37. The van der Waals surface area contributed by atoms with Gasteiger partial charge in [0, 0.05) is 19.5 Å². The van der Waals surface area contributed by atoms with Gasteiger partial charge in [-0.2, -0.15) is 11.8 Å². The minimum absolute atomic E-state index is 0.562.